The molecule has 0 unspecified atom stereocenters. The Hall–Kier alpha value is -3.29. The van der Waals surface area contributed by atoms with E-state index in [1.807, 2.05) is 36.9 Å². The number of benzene rings is 2. The molecule has 1 aliphatic rings. The van der Waals surface area contributed by atoms with Crippen LogP contribution in [0.5, 0.6) is 11.5 Å². The first-order valence-electron chi connectivity index (χ1n) is 9.45. The lowest BCUT2D eigenvalue weighted by Gasteiger charge is -2.35. The molecule has 8 heteroatoms. The number of anilines is 1. The lowest BCUT2D eigenvalue weighted by Crippen LogP contribution is -2.50. The van der Waals surface area contributed by atoms with Gasteiger partial charge in [0.15, 0.2) is 6.61 Å². The fourth-order valence-corrected chi connectivity index (χ4v) is 3.35. The molecule has 1 aliphatic heterocycles. The molecular formula is C21H25N3O5. The number of nitrogens with zero attached hydrogens (tertiary/aromatic N) is 3. The average Bonchev–Trinajstić information content (AvgIpc) is 2.74. The van der Waals surface area contributed by atoms with Gasteiger partial charge in [0.1, 0.15) is 17.2 Å². The van der Waals surface area contributed by atoms with Gasteiger partial charge >= 0.3 is 0 Å². The number of carbonyl (C=O) groups excluding carboxylic acids is 1. The summed E-state index contributed by atoms with van der Waals surface area (Å²) in [6.07, 6.45) is 0. The van der Waals surface area contributed by atoms with Crippen molar-refractivity contribution in [1.82, 2.24) is 4.90 Å². The molecular weight excluding hydrogens is 374 g/mol. The molecule has 2 aromatic rings. The van der Waals surface area contributed by atoms with Crippen molar-refractivity contribution in [3.8, 4) is 11.5 Å². The van der Waals surface area contributed by atoms with Gasteiger partial charge < -0.3 is 19.3 Å². The molecule has 0 spiro atoms. The summed E-state index contributed by atoms with van der Waals surface area (Å²) in [5, 5.41) is 11.4. The number of aryl methyl sites for hydroxylation is 1. The summed E-state index contributed by atoms with van der Waals surface area (Å²) in [6, 6.07) is 10.6. The van der Waals surface area contributed by atoms with E-state index in [4.69, 9.17) is 9.47 Å². The van der Waals surface area contributed by atoms with E-state index in [2.05, 4.69) is 0 Å². The number of nitro groups is 1. The van der Waals surface area contributed by atoms with E-state index in [1.54, 1.807) is 17.0 Å². The Morgan fingerprint density at radius 2 is 1.86 bits per heavy atom. The summed E-state index contributed by atoms with van der Waals surface area (Å²) in [5.41, 5.74) is 2.68. The zero-order valence-electron chi connectivity index (χ0n) is 16.9. The van der Waals surface area contributed by atoms with Crippen LogP contribution in [0.3, 0.4) is 0 Å². The van der Waals surface area contributed by atoms with Crippen LogP contribution in [0.2, 0.25) is 0 Å². The zero-order chi connectivity index (χ0) is 21.0. The van der Waals surface area contributed by atoms with Gasteiger partial charge in [-0.05, 0) is 43.2 Å². The summed E-state index contributed by atoms with van der Waals surface area (Å²) in [7, 11) is 1.48. The summed E-state index contributed by atoms with van der Waals surface area (Å²) in [6.45, 7) is 5.95. The number of carbonyl (C=O) groups is 1. The Labute approximate surface area is 169 Å². The summed E-state index contributed by atoms with van der Waals surface area (Å²) in [5.74, 6) is 1.07. The largest absolute Gasteiger partial charge is 0.496 e. The molecule has 29 heavy (non-hydrogen) atoms. The summed E-state index contributed by atoms with van der Waals surface area (Å²) >= 11 is 0. The highest BCUT2D eigenvalue weighted by atomic mass is 16.6. The molecule has 1 amide bonds. The van der Waals surface area contributed by atoms with Crippen molar-refractivity contribution in [2.24, 2.45) is 0 Å². The molecule has 1 saturated heterocycles. The van der Waals surface area contributed by atoms with E-state index in [9.17, 15) is 14.9 Å². The van der Waals surface area contributed by atoms with Crippen molar-refractivity contribution in [2.75, 3.05) is 44.8 Å². The molecule has 0 aliphatic carbocycles. The number of rotatable bonds is 6. The fraction of sp³-hybridized carbons (Fsp3) is 0.381. The maximum atomic E-state index is 12.5. The first-order valence-corrected chi connectivity index (χ1v) is 9.45. The van der Waals surface area contributed by atoms with Gasteiger partial charge in [-0.1, -0.05) is 12.1 Å². The molecule has 1 heterocycles. The average molecular weight is 399 g/mol. The van der Waals surface area contributed by atoms with Crippen LogP contribution in [0.1, 0.15) is 11.1 Å². The third-order valence-corrected chi connectivity index (χ3v) is 5.26. The number of hydrogen-bond acceptors (Lipinski definition) is 6. The number of piperazine rings is 1. The summed E-state index contributed by atoms with van der Waals surface area (Å²) in [4.78, 5) is 27.2. The van der Waals surface area contributed by atoms with Gasteiger partial charge in [-0.15, -0.1) is 0 Å². The Balaban J connectivity index is 1.60. The highest BCUT2D eigenvalue weighted by molar-refractivity contribution is 5.78. The van der Waals surface area contributed by atoms with Gasteiger partial charge in [-0.25, -0.2) is 0 Å². The summed E-state index contributed by atoms with van der Waals surface area (Å²) < 4.78 is 10.8. The second-order valence-electron chi connectivity index (χ2n) is 6.97. The Morgan fingerprint density at radius 1 is 1.14 bits per heavy atom. The number of amides is 1. The second-order valence-corrected chi connectivity index (χ2v) is 6.97. The highest BCUT2D eigenvalue weighted by Crippen LogP contribution is 2.32. The number of ether oxygens (including phenoxy) is 2. The minimum absolute atomic E-state index is 0.00221. The standard InChI is InChI=1S/C21H25N3O5/c1-15-5-4-6-20(16(15)2)29-14-21(25)23-11-9-22(10-12-23)18-8-7-17(28-3)13-19(18)24(26)27/h4-8,13H,9-12,14H2,1-3H3. The van der Waals surface area contributed by atoms with E-state index in [0.29, 0.717) is 43.4 Å². The molecule has 0 atom stereocenters. The van der Waals surface area contributed by atoms with Crippen LogP contribution in [0.25, 0.3) is 0 Å². The molecule has 3 rings (SSSR count). The first-order chi connectivity index (χ1) is 13.9. The van der Waals surface area contributed by atoms with Crippen molar-refractivity contribution in [1.29, 1.82) is 0 Å². The Kier molecular flexibility index (Phi) is 6.21. The molecule has 154 valence electrons. The first kappa shape index (κ1) is 20.4. The molecule has 0 N–H and O–H groups in total. The molecule has 1 fully saturated rings. The fourth-order valence-electron chi connectivity index (χ4n) is 3.35. The third kappa shape index (κ3) is 4.59. The van der Waals surface area contributed by atoms with Crippen LogP contribution < -0.4 is 14.4 Å². The normalized spacial score (nSPS) is 13.9. The maximum absolute atomic E-state index is 12.5. The highest BCUT2D eigenvalue weighted by Gasteiger charge is 2.26. The van der Waals surface area contributed by atoms with Crippen molar-refractivity contribution in [2.45, 2.75) is 13.8 Å². The van der Waals surface area contributed by atoms with Crippen LogP contribution in [-0.2, 0) is 4.79 Å². The van der Waals surface area contributed by atoms with Crippen molar-refractivity contribution in [3.63, 3.8) is 0 Å². The van der Waals surface area contributed by atoms with Gasteiger partial charge in [0.05, 0.1) is 18.1 Å². The van der Waals surface area contributed by atoms with Crippen LogP contribution in [0, 0.1) is 24.0 Å². The van der Waals surface area contributed by atoms with Gasteiger partial charge in [-0.2, -0.15) is 0 Å². The van der Waals surface area contributed by atoms with Gasteiger partial charge in [0.2, 0.25) is 0 Å². The van der Waals surface area contributed by atoms with Crippen molar-refractivity contribution >= 4 is 17.3 Å². The third-order valence-electron chi connectivity index (χ3n) is 5.26. The predicted molar refractivity (Wildman–Crippen MR) is 110 cm³/mol. The minimum atomic E-state index is -0.409. The van der Waals surface area contributed by atoms with E-state index < -0.39 is 4.92 Å². The molecule has 0 aromatic heterocycles. The van der Waals surface area contributed by atoms with Crippen LogP contribution in [0.15, 0.2) is 36.4 Å². The lowest BCUT2D eigenvalue weighted by atomic mass is 10.1. The smallest absolute Gasteiger partial charge is 0.296 e. The SMILES string of the molecule is COc1ccc(N2CCN(C(=O)COc3cccc(C)c3C)CC2)c([N+](=O)[O-])c1. The van der Waals surface area contributed by atoms with Crippen molar-refractivity contribution < 1.29 is 19.2 Å². The van der Waals surface area contributed by atoms with E-state index in [-0.39, 0.29) is 18.2 Å². The van der Waals surface area contributed by atoms with E-state index >= 15 is 0 Å². The van der Waals surface area contributed by atoms with E-state index in [0.717, 1.165) is 11.1 Å². The second kappa shape index (κ2) is 8.81. The Morgan fingerprint density at radius 3 is 2.52 bits per heavy atom. The van der Waals surface area contributed by atoms with Gasteiger partial charge in [0, 0.05) is 26.2 Å². The maximum Gasteiger partial charge on any atom is 0.296 e. The quantitative estimate of drug-likeness (QED) is 0.548. The molecule has 2 aromatic carbocycles. The van der Waals surface area contributed by atoms with Gasteiger partial charge in [0.25, 0.3) is 11.6 Å². The van der Waals surface area contributed by atoms with E-state index in [1.165, 1.54) is 13.2 Å². The predicted octanol–water partition coefficient (Wildman–Crippen LogP) is 2.95. The van der Waals surface area contributed by atoms with Crippen LogP contribution in [-0.4, -0.2) is 55.6 Å². The number of nitro benzene ring substituents is 1. The van der Waals surface area contributed by atoms with Gasteiger partial charge in [-0.3, -0.25) is 14.9 Å². The zero-order valence-corrected chi connectivity index (χ0v) is 16.9. The Bertz CT molecular complexity index is 907. The molecule has 0 radical (unpaired) electrons. The molecule has 0 saturated carbocycles. The minimum Gasteiger partial charge on any atom is -0.496 e. The number of hydrogen-bond donors (Lipinski definition) is 0. The number of methoxy groups -OCH3 is 1. The van der Waals surface area contributed by atoms with Crippen LogP contribution >= 0.6 is 0 Å². The molecule has 8 nitrogen and oxygen atoms in total. The van der Waals surface area contributed by atoms with Crippen molar-refractivity contribution in [3.05, 3.63) is 57.6 Å². The molecule has 0 bridgehead atoms. The lowest BCUT2D eigenvalue weighted by molar-refractivity contribution is -0.384. The van der Waals surface area contributed by atoms with Crippen LogP contribution in [0.4, 0.5) is 11.4 Å². The topological polar surface area (TPSA) is 85.2 Å². The monoisotopic (exact) mass is 399 g/mol.